The van der Waals surface area contributed by atoms with Crippen LogP contribution in [0.1, 0.15) is 51.9 Å². The van der Waals surface area contributed by atoms with Crippen molar-refractivity contribution in [3.63, 3.8) is 0 Å². The van der Waals surface area contributed by atoms with Crippen molar-refractivity contribution in [2.24, 2.45) is 5.92 Å². The number of amides is 1. The first-order valence-corrected chi connectivity index (χ1v) is 8.51. The van der Waals surface area contributed by atoms with Crippen molar-refractivity contribution in [1.29, 1.82) is 10.5 Å². The number of likely N-dealkylation sites (tertiary alicyclic amines) is 2. The molecule has 22 heavy (non-hydrogen) atoms. The molecule has 2 saturated heterocycles. The summed E-state index contributed by atoms with van der Waals surface area (Å²) in [6, 6.07) is 5.20. The number of nitrogens with zero attached hydrogens (tertiary/aromatic N) is 4. The molecule has 2 aliphatic rings. The van der Waals surface area contributed by atoms with Gasteiger partial charge in [-0.3, -0.25) is 9.69 Å². The van der Waals surface area contributed by atoms with Crippen LogP contribution in [0.3, 0.4) is 0 Å². The van der Waals surface area contributed by atoms with E-state index in [0.29, 0.717) is 31.3 Å². The fourth-order valence-electron chi connectivity index (χ4n) is 3.94. The first-order valence-electron chi connectivity index (χ1n) is 8.51. The Kier molecular flexibility index (Phi) is 6.21. The molecule has 120 valence electrons. The predicted octanol–water partition coefficient (Wildman–Crippen LogP) is 2.30. The van der Waals surface area contributed by atoms with Gasteiger partial charge in [0.15, 0.2) is 0 Å². The van der Waals surface area contributed by atoms with Crippen LogP contribution in [0, 0.1) is 28.6 Å². The smallest absolute Gasteiger partial charge is 0.222 e. The zero-order valence-electron chi connectivity index (χ0n) is 13.5. The van der Waals surface area contributed by atoms with Crippen molar-refractivity contribution in [2.45, 2.75) is 64.0 Å². The van der Waals surface area contributed by atoms with Crippen LogP contribution in [0.15, 0.2) is 0 Å². The minimum Gasteiger partial charge on any atom is -0.338 e. The van der Waals surface area contributed by atoms with Gasteiger partial charge < -0.3 is 4.90 Å². The lowest BCUT2D eigenvalue weighted by Gasteiger charge is -2.35. The van der Waals surface area contributed by atoms with Crippen LogP contribution in [0.25, 0.3) is 0 Å². The van der Waals surface area contributed by atoms with E-state index in [1.165, 1.54) is 0 Å². The zero-order valence-corrected chi connectivity index (χ0v) is 13.5. The molecule has 0 saturated carbocycles. The van der Waals surface area contributed by atoms with Crippen molar-refractivity contribution in [3.8, 4) is 12.1 Å². The predicted molar refractivity (Wildman–Crippen MR) is 83.6 cm³/mol. The van der Waals surface area contributed by atoms with Crippen LogP contribution in [0.4, 0.5) is 0 Å². The summed E-state index contributed by atoms with van der Waals surface area (Å²) in [5, 5.41) is 18.0. The van der Waals surface area contributed by atoms with Crippen LogP contribution in [0.5, 0.6) is 0 Å². The molecule has 2 heterocycles. The Labute approximate surface area is 133 Å². The van der Waals surface area contributed by atoms with Crippen LogP contribution < -0.4 is 0 Å². The third-order valence-corrected chi connectivity index (χ3v) is 5.02. The standard InChI is InChI=1S/C17H26N4O/c1-2-17(22)21-11-5-8-16(21)15-7-4-10-20(15)13-14(12-19)6-3-9-18/h14-16H,2-8,10-11,13H2,1H3/t14-,15+,16-/m1/s1. The van der Waals surface area contributed by atoms with E-state index in [-0.39, 0.29) is 11.8 Å². The topological polar surface area (TPSA) is 71.1 Å². The maximum atomic E-state index is 12.1. The van der Waals surface area contributed by atoms with E-state index in [2.05, 4.69) is 21.9 Å². The van der Waals surface area contributed by atoms with Gasteiger partial charge in [0.25, 0.3) is 0 Å². The van der Waals surface area contributed by atoms with Crippen molar-refractivity contribution in [1.82, 2.24) is 9.80 Å². The Morgan fingerprint density at radius 1 is 1.23 bits per heavy atom. The van der Waals surface area contributed by atoms with E-state index in [4.69, 9.17) is 5.26 Å². The van der Waals surface area contributed by atoms with Crippen molar-refractivity contribution < 1.29 is 4.79 Å². The molecule has 0 aliphatic carbocycles. The maximum Gasteiger partial charge on any atom is 0.222 e. The molecule has 0 unspecified atom stereocenters. The number of rotatable bonds is 6. The molecule has 1 amide bonds. The lowest BCUT2D eigenvalue weighted by atomic mass is 10.00. The third kappa shape index (κ3) is 3.78. The Morgan fingerprint density at radius 2 is 1.95 bits per heavy atom. The van der Waals surface area contributed by atoms with E-state index in [1.807, 2.05) is 6.92 Å². The molecular weight excluding hydrogens is 276 g/mol. The van der Waals surface area contributed by atoms with Gasteiger partial charge >= 0.3 is 0 Å². The molecule has 5 nitrogen and oxygen atoms in total. The van der Waals surface area contributed by atoms with E-state index in [0.717, 1.165) is 45.3 Å². The molecule has 5 heteroatoms. The fraction of sp³-hybridized carbons (Fsp3) is 0.824. The van der Waals surface area contributed by atoms with Crippen LogP contribution in [0.2, 0.25) is 0 Å². The summed E-state index contributed by atoms with van der Waals surface area (Å²) >= 11 is 0. The molecule has 0 aromatic heterocycles. The van der Waals surface area contributed by atoms with Gasteiger partial charge in [0.2, 0.25) is 5.91 Å². The van der Waals surface area contributed by atoms with Crippen molar-refractivity contribution in [3.05, 3.63) is 0 Å². The second-order valence-corrected chi connectivity index (χ2v) is 6.38. The number of nitriles is 2. The SMILES string of the molecule is CCC(=O)N1CCC[C@@H]1[C@@H]1CCCN1C[C@@H](C#N)CCC#N. The highest BCUT2D eigenvalue weighted by atomic mass is 16.2. The highest BCUT2D eigenvalue weighted by Gasteiger charge is 2.39. The lowest BCUT2D eigenvalue weighted by Crippen LogP contribution is -2.49. The number of carbonyl (C=O) groups excluding carboxylic acids is 1. The van der Waals surface area contributed by atoms with Crippen molar-refractivity contribution >= 4 is 5.91 Å². The fourth-order valence-corrected chi connectivity index (χ4v) is 3.94. The van der Waals surface area contributed by atoms with Gasteiger partial charge in [-0.15, -0.1) is 0 Å². The van der Waals surface area contributed by atoms with Crippen LogP contribution in [-0.4, -0.2) is 47.4 Å². The van der Waals surface area contributed by atoms with Crippen LogP contribution >= 0.6 is 0 Å². The van der Waals surface area contributed by atoms with Gasteiger partial charge in [-0.25, -0.2) is 0 Å². The Balaban J connectivity index is 1.99. The largest absolute Gasteiger partial charge is 0.338 e. The second kappa shape index (κ2) is 8.15. The molecule has 0 aromatic carbocycles. The molecule has 0 N–H and O–H groups in total. The second-order valence-electron chi connectivity index (χ2n) is 6.38. The van der Waals surface area contributed by atoms with Crippen molar-refractivity contribution in [2.75, 3.05) is 19.6 Å². The molecule has 0 aromatic rings. The van der Waals surface area contributed by atoms with Gasteiger partial charge in [-0.2, -0.15) is 10.5 Å². The quantitative estimate of drug-likeness (QED) is 0.754. The van der Waals surface area contributed by atoms with Gasteiger partial charge in [-0.1, -0.05) is 6.92 Å². The molecule has 2 rings (SSSR count). The first kappa shape index (κ1) is 16.8. The highest BCUT2D eigenvalue weighted by molar-refractivity contribution is 5.76. The van der Waals surface area contributed by atoms with Gasteiger partial charge in [0.1, 0.15) is 0 Å². The molecule has 2 fully saturated rings. The summed E-state index contributed by atoms with van der Waals surface area (Å²) < 4.78 is 0. The van der Waals surface area contributed by atoms with E-state index < -0.39 is 0 Å². The third-order valence-electron chi connectivity index (χ3n) is 5.02. The van der Waals surface area contributed by atoms with E-state index >= 15 is 0 Å². The van der Waals surface area contributed by atoms with E-state index in [9.17, 15) is 10.1 Å². The Morgan fingerprint density at radius 3 is 2.64 bits per heavy atom. The summed E-state index contributed by atoms with van der Waals surface area (Å²) in [6.45, 7) is 4.57. The van der Waals surface area contributed by atoms with Gasteiger partial charge in [-0.05, 0) is 38.6 Å². The molecule has 3 atom stereocenters. The number of hydrogen-bond acceptors (Lipinski definition) is 4. The van der Waals surface area contributed by atoms with Crippen LogP contribution in [-0.2, 0) is 4.79 Å². The van der Waals surface area contributed by atoms with Gasteiger partial charge in [0.05, 0.1) is 18.1 Å². The summed E-state index contributed by atoms with van der Waals surface area (Å²) in [5.74, 6) is 0.188. The van der Waals surface area contributed by atoms with Gasteiger partial charge in [0, 0.05) is 38.0 Å². The minimum absolute atomic E-state index is 0.0722. The summed E-state index contributed by atoms with van der Waals surface area (Å²) in [5.41, 5.74) is 0. The molecule has 0 radical (unpaired) electrons. The molecule has 0 bridgehead atoms. The number of carbonyl (C=O) groups is 1. The zero-order chi connectivity index (χ0) is 15.9. The number of hydrogen-bond donors (Lipinski definition) is 0. The minimum atomic E-state index is -0.0722. The highest BCUT2D eigenvalue weighted by Crippen LogP contribution is 2.31. The lowest BCUT2D eigenvalue weighted by molar-refractivity contribution is -0.132. The summed E-state index contributed by atoms with van der Waals surface area (Å²) in [7, 11) is 0. The molecule has 0 spiro atoms. The normalized spacial score (nSPS) is 26.6. The first-order chi connectivity index (χ1) is 10.7. The summed E-state index contributed by atoms with van der Waals surface area (Å²) in [6.07, 6.45) is 6.12. The molecular formula is C17H26N4O. The Hall–Kier alpha value is -1.59. The summed E-state index contributed by atoms with van der Waals surface area (Å²) in [4.78, 5) is 16.6. The maximum absolute atomic E-state index is 12.1. The Bertz CT molecular complexity index is 464. The molecule has 2 aliphatic heterocycles. The van der Waals surface area contributed by atoms with E-state index in [1.54, 1.807) is 0 Å². The average Bonchev–Trinajstić information content (AvgIpc) is 3.18. The average molecular weight is 302 g/mol. The monoisotopic (exact) mass is 302 g/mol.